The highest BCUT2D eigenvalue weighted by atomic mass is 16.5. The second-order valence-electron chi connectivity index (χ2n) is 2.92. The summed E-state index contributed by atoms with van der Waals surface area (Å²) in [5, 5.41) is 2.34. The summed E-state index contributed by atoms with van der Waals surface area (Å²) in [7, 11) is 2.01. The van der Waals surface area contributed by atoms with Crippen LogP contribution >= 0.6 is 0 Å². The Morgan fingerprint density at radius 1 is 1.64 bits per heavy atom. The third-order valence-electron chi connectivity index (χ3n) is 2.03. The number of nitrogens with one attached hydrogen (secondary N) is 1. The standard InChI is InChI=1S/C7H10N2O2/c1-9-3-2-5-6(4-9)11-8-7(5)10/h2-4H2,1H3,(H,8,10). The summed E-state index contributed by atoms with van der Waals surface area (Å²) in [5.74, 6) is 0.795. The molecular formula is C7H10N2O2. The van der Waals surface area contributed by atoms with Crippen LogP contribution in [0.3, 0.4) is 0 Å². The summed E-state index contributed by atoms with van der Waals surface area (Å²) >= 11 is 0. The van der Waals surface area contributed by atoms with Crippen LogP contribution in [0.5, 0.6) is 0 Å². The molecule has 1 N–H and O–H groups in total. The second-order valence-corrected chi connectivity index (χ2v) is 2.92. The molecular weight excluding hydrogens is 144 g/mol. The summed E-state index contributed by atoms with van der Waals surface area (Å²) in [6.07, 6.45) is 0.803. The Labute approximate surface area is 63.8 Å². The average molecular weight is 154 g/mol. The predicted octanol–water partition coefficient (Wildman–Crippen LogP) is -0.0442. The molecule has 0 spiro atoms. The lowest BCUT2D eigenvalue weighted by Gasteiger charge is -2.18. The summed E-state index contributed by atoms with van der Waals surface area (Å²) in [4.78, 5) is 13.1. The maximum atomic E-state index is 11.0. The van der Waals surface area contributed by atoms with Gasteiger partial charge in [0.2, 0.25) is 0 Å². The highest BCUT2D eigenvalue weighted by molar-refractivity contribution is 5.16. The SMILES string of the molecule is CN1CCc2c(o[nH]c2=O)C1. The molecule has 2 heterocycles. The molecule has 0 aliphatic carbocycles. The molecule has 0 unspecified atom stereocenters. The molecule has 0 amide bonds. The number of H-pyrrole nitrogens is 1. The fourth-order valence-electron chi connectivity index (χ4n) is 1.37. The van der Waals surface area contributed by atoms with Gasteiger partial charge in [-0.2, -0.15) is 5.16 Å². The number of rotatable bonds is 0. The molecule has 0 atom stereocenters. The topological polar surface area (TPSA) is 49.2 Å². The Morgan fingerprint density at radius 2 is 2.45 bits per heavy atom. The zero-order valence-corrected chi connectivity index (χ0v) is 6.39. The van der Waals surface area contributed by atoms with Crippen LogP contribution in [0, 0.1) is 0 Å². The van der Waals surface area contributed by atoms with Crippen molar-refractivity contribution >= 4 is 0 Å². The number of nitrogens with zero attached hydrogens (tertiary/aromatic N) is 1. The van der Waals surface area contributed by atoms with Gasteiger partial charge < -0.3 is 4.52 Å². The fraction of sp³-hybridized carbons (Fsp3) is 0.571. The number of hydrogen-bond acceptors (Lipinski definition) is 3. The van der Waals surface area contributed by atoms with Gasteiger partial charge in [-0.25, -0.2) is 0 Å². The van der Waals surface area contributed by atoms with Gasteiger partial charge in [-0.05, 0) is 13.5 Å². The molecule has 0 bridgehead atoms. The first-order chi connectivity index (χ1) is 5.27. The minimum Gasteiger partial charge on any atom is -0.382 e. The van der Waals surface area contributed by atoms with E-state index in [4.69, 9.17) is 4.52 Å². The summed E-state index contributed by atoms with van der Waals surface area (Å²) in [6.45, 7) is 1.68. The smallest absolute Gasteiger partial charge is 0.283 e. The van der Waals surface area contributed by atoms with Crippen LogP contribution in [0.15, 0.2) is 9.32 Å². The Balaban J connectivity index is 2.44. The second kappa shape index (κ2) is 2.23. The molecule has 1 aromatic heterocycles. The maximum Gasteiger partial charge on any atom is 0.283 e. The van der Waals surface area contributed by atoms with Gasteiger partial charge >= 0.3 is 0 Å². The molecule has 2 rings (SSSR count). The number of aromatic amines is 1. The van der Waals surface area contributed by atoms with Gasteiger partial charge in [-0.1, -0.05) is 0 Å². The van der Waals surface area contributed by atoms with Crippen molar-refractivity contribution < 1.29 is 4.52 Å². The van der Waals surface area contributed by atoms with Crippen LogP contribution in [0.2, 0.25) is 0 Å². The van der Waals surface area contributed by atoms with Crippen molar-refractivity contribution in [2.75, 3.05) is 13.6 Å². The molecule has 1 aliphatic heterocycles. The van der Waals surface area contributed by atoms with Crippen LogP contribution in [-0.2, 0) is 13.0 Å². The van der Waals surface area contributed by atoms with Crippen molar-refractivity contribution in [1.29, 1.82) is 0 Å². The van der Waals surface area contributed by atoms with Gasteiger partial charge in [0.15, 0.2) is 5.76 Å². The number of likely N-dealkylation sites (N-methyl/N-ethyl adjacent to an activating group) is 1. The van der Waals surface area contributed by atoms with E-state index in [1.54, 1.807) is 0 Å². The molecule has 0 aromatic carbocycles. The molecule has 0 radical (unpaired) electrons. The summed E-state index contributed by atoms with van der Waals surface area (Å²) in [6, 6.07) is 0. The lowest BCUT2D eigenvalue weighted by atomic mass is 10.1. The molecule has 4 heteroatoms. The Kier molecular flexibility index (Phi) is 1.35. The Bertz CT molecular complexity index is 312. The van der Waals surface area contributed by atoms with E-state index in [0.717, 1.165) is 30.8 Å². The first kappa shape index (κ1) is 6.67. The lowest BCUT2D eigenvalue weighted by molar-refractivity contribution is 0.257. The van der Waals surface area contributed by atoms with Gasteiger partial charge in [-0.3, -0.25) is 9.69 Å². The minimum atomic E-state index is -0.0619. The Hall–Kier alpha value is -1.03. The van der Waals surface area contributed by atoms with E-state index in [2.05, 4.69) is 10.1 Å². The molecule has 0 saturated carbocycles. The summed E-state index contributed by atoms with van der Waals surface area (Å²) in [5.41, 5.74) is 0.760. The van der Waals surface area contributed by atoms with Crippen LogP contribution < -0.4 is 5.56 Å². The van der Waals surface area contributed by atoms with E-state index in [1.807, 2.05) is 7.05 Å². The van der Waals surface area contributed by atoms with E-state index in [-0.39, 0.29) is 5.56 Å². The van der Waals surface area contributed by atoms with E-state index >= 15 is 0 Å². The highest BCUT2D eigenvalue weighted by Gasteiger charge is 2.19. The van der Waals surface area contributed by atoms with E-state index in [1.165, 1.54) is 0 Å². The van der Waals surface area contributed by atoms with Crippen molar-refractivity contribution in [2.45, 2.75) is 13.0 Å². The van der Waals surface area contributed by atoms with Gasteiger partial charge in [0.05, 0.1) is 12.1 Å². The van der Waals surface area contributed by atoms with Crippen LogP contribution in [0.25, 0.3) is 0 Å². The molecule has 0 fully saturated rings. The van der Waals surface area contributed by atoms with Gasteiger partial charge in [0, 0.05) is 6.54 Å². The monoisotopic (exact) mass is 154 g/mol. The Morgan fingerprint density at radius 3 is 3.27 bits per heavy atom. The van der Waals surface area contributed by atoms with Crippen LogP contribution in [-0.4, -0.2) is 23.6 Å². The average Bonchev–Trinajstić information content (AvgIpc) is 2.32. The maximum absolute atomic E-state index is 11.0. The number of fused-ring (bicyclic) bond motifs is 1. The van der Waals surface area contributed by atoms with Gasteiger partial charge in [-0.15, -0.1) is 0 Å². The molecule has 1 aromatic rings. The first-order valence-electron chi connectivity index (χ1n) is 3.65. The highest BCUT2D eigenvalue weighted by Crippen LogP contribution is 2.12. The molecule has 4 nitrogen and oxygen atoms in total. The normalized spacial score (nSPS) is 18.3. The van der Waals surface area contributed by atoms with Gasteiger partial charge in [0.1, 0.15) is 0 Å². The van der Waals surface area contributed by atoms with Crippen LogP contribution in [0.4, 0.5) is 0 Å². The first-order valence-corrected chi connectivity index (χ1v) is 3.65. The lowest BCUT2D eigenvalue weighted by Crippen LogP contribution is -2.28. The van der Waals surface area contributed by atoms with Crippen molar-refractivity contribution in [3.8, 4) is 0 Å². The van der Waals surface area contributed by atoms with E-state index in [9.17, 15) is 4.79 Å². The van der Waals surface area contributed by atoms with Gasteiger partial charge in [0.25, 0.3) is 5.56 Å². The van der Waals surface area contributed by atoms with Crippen molar-refractivity contribution in [1.82, 2.24) is 10.1 Å². The predicted molar refractivity (Wildman–Crippen MR) is 39.4 cm³/mol. The quantitative estimate of drug-likeness (QED) is 0.570. The van der Waals surface area contributed by atoms with Crippen LogP contribution in [0.1, 0.15) is 11.3 Å². The number of hydrogen-bond donors (Lipinski definition) is 1. The molecule has 60 valence electrons. The molecule has 1 aliphatic rings. The largest absolute Gasteiger partial charge is 0.382 e. The molecule has 0 saturated heterocycles. The third-order valence-corrected chi connectivity index (χ3v) is 2.03. The van der Waals surface area contributed by atoms with E-state index in [0.29, 0.717) is 0 Å². The zero-order chi connectivity index (χ0) is 7.84. The van der Waals surface area contributed by atoms with Crippen molar-refractivity contribution in [3.05, 3.63) is 21.7 Å². The number of aromatic nitrogens is 1. The van der Waals surface area contributed by atoms with E-state index < -0.39 is 0 Å². The van der Waals surface area contributed by atoms with Crippen molar-refractivity contribution in [2.24, 2.45) is 0 Å². The van der Waals surface area contributed by atoms with Crippen molar-refractivity contribution in [3.63, 3.8) is 0 Å². The third kappa shape index (κ3) is 0.991. The fourth-order valence-corrected chi connectivity index (χ4v) is 1.37. The minimum absolute atomic E-state index is 0.0619. The zero-order valence-electron chi connectivity index (χ0n) is 6.39. The molecule has 11 heavy (non-hydrogen) atoms. The summed E-state index contributed by atoms with van der Waals surface area (Å²) < 4.78 is 4.98.